The van der Waals surface area contributed by atoms with Crippen molar-refractivity contribution in [1.29, 1.82) is 0 Å². The van der Waals surface area contributed by atoms with E-state index in [0.717, 1.165) is 6.42 Å². The summed E-state index contributed by atoms with van der Waals surface area (Å²) in [5.74, 6) is -0.348. The van der Waals surface area contributed by atoms with Gasteiger partial charge in [-0.25, -0.2) is 0 Å². The number of carbonyl (C=O) groups excluding carboxylic acids is 1. The molecule has 1 aromatic heterocycles. The van der Waals surface area contributed by atoms with Crippen LogP contribution in [-0.4, -0.2) is 16.9 Å². The molecule has 0 saturated carbocycles. The molecule has 0 spiro atoms. The SMILES string of the molecule is CC(Cc1cccs1)NC(=O)c1ccc(Cl)c([N+](=O)[O-])c1. The predicted octanol–water partition coefficient (Wildman–Crippen LogP) is 3.67. The lowest BCUT2D eigenvalue weighted by atomic mass is 10.1. The van der Waals surface area contributed by atoms with E-state index in [1.165, 1.54) is 23.1 Å². The zero-order valence-corrected chi connectivity index (χ0v) is 12.8. The fourth-order valence-corrected chi connectivity index (χ4v) is 2.90. The van der Waals surface area contributed by atoms with Gasteiger partial charge in [-0.1, -0.05) is 17.7 Å². The first-order valence-electron chi connectivity index (χ1n) is 6.24. The number of halogens is 1. The number of amides is 1. The van der Waals surface area contributed by atoms with Crippen LogP contribution < -0.4 is 5.32 Å². The Labute approximate surface area is 130 Å². The molecule has 0 bridgehead atoms. The van der Waals surface area contributed by atoms with E-state index in [1.54, 1.807) is 11.3 Å². The van der Waals surface area contributed by atoms with Crippen LogP contribution in [0.15, 0.2) is 35.7 Å². The summed E-state index contributed by atoms with van der Waals surface area (Å²) in [5, 5.41) is 15.6. The molecule has 110 valence electrons. The summed E-state index contributed by atoms with van der Waals surface area (Å²) in [6.07, 6.45) is 0.721. The van der Waals surface area contributed by atoms with E-state index in [4.69, 9.17) is 11.6 Å². The van der Waals surface area contributed by atoms with E-state index >= 15 is 0 Å². The van der Waals surface area contributed by atoms with Crippen LogP contribution in [-0.2, 0) is 6.42 Å². The Bertz CT molecular complexity index is 658. The molecule has 2 aromatic rings. The lowest BCUT2D eigenvalue weighted by Gasteiger charge is -2.13. The van der Waals surface area contributed by atoms with Crippen LogP contribution in [0.1, 0.15) is 22.2 Å². The van der Waals surface area contributed by atoms with Crippen molar-refractivity contribution in [3.8, 4) is 0 Å². The number of hydrogen-bond acceptors (Lipinski definition) is 4. The molecule has 1 unspecified atom stereocenters. The molecule has 1 atom stereocenters. The minimum Gasteiger partial charge on any atom is -0.349 e. The zero-order valence-electron chi connectivity index (χ0n) is 11.2. The maximum atomic E-state index is 12.1. The fraction of sp³-hybridized carbons (Fsp3) is 0.214. The maximum Gasteiger partial charge on any atom is 0.288 e. The molecule has 1 amide bonds. The van der Waals surface area contributed by atoms with E-state index in [0.29, 0.717) is 0 Å². The number of nitrogens with zero attached hydrogens (tertiary/aromatic N) is 1. The molecule has 7 heteroatoms. The second-order valence-corrected chi connectivity index (χ2v) is 6.02. The first kappa shape index (κ1) is 15.5. The van der Waals surface area contributed by atoms with Crippen LogP contribution in [0.4, 0.5) is 5.69 Å². The number of rotatable bonds is 5. The Kier molecular flexibility index (Phi) is 4.93. The summed E-state index contributed by atoms with van der Waals surface area (Å²) in [5.41, 5.74) is -0.0423. The van der Waals surface area contributed by atoms with Gasteiger partial charge in [0.1, 0.15) is 5.02 Å². The lowest BCUT2D eigenvalue weighted by Crippen LogP contribution is -2.33. The van der Waals surface area contributed by atoms with Gasteiger partial charge in [-0.05, 0) is 30.5 Å². The summed E-state index contributed by atoms with van der Waals surface area (Å²) in [7, 11) is 0. The molecule has 0 aliphatic carbocycles. The fourth-order valence-electron chi connectivity index (χ4n) is 1.88. The molecule has 0 aliphatic rings. The highest BCUT2D eigenvalue weighted by molar-refractivity contribution is 7.09. The van der Waals surface area contributed by atoms with Crippen LogP contribution in [0.25, 0.3) is 0 Å². The molecule has 2 rings (SSSR count). The normalized spacial score (nSPS) is 11.9. The quantitative estimate of drug-likeness (QED) is 0.673. The average molecular weight is 325 g/mol. The smallest absolute Gasteiger partial charge is 0.288 e. The van der Waals surface area contributed by atoms with Crippen molar-refractivity contribution in [1.82, 2.24) is 5.32 Å². The van der Waals surface area contributed by atoms with Crippen LogP contribution in [0.2, 0.25) is 5.02 Å². The first-order valence-corrected chi connectivity index (χ1v) is 7.50. The molecule has 0 aliphatic heterocycles. The Hall–Kier alpha value is -1.92. The molecular formula is C14H13ClN2O3S. The second kappa shape index (κ2) is 6.69. The monoisotopic (exact) mass is 324 g/mol. The largest absolute Gasteiger partial charge is 0.349 e. The summed E-state index contributed by atoms with van der Waals surface area (Å²) in [6.45, 7) is 1.89. The Morgan fingerprint density at radius 2 is 2.24 bits per heavy atom. The van der Waals surface area contributed by atoms with Gasteiger partial charge in [0, 0.05) is 29.0 Å². The second-order valence-electron chi connectivity index (χ2n) is 4.58. The van der Waals surface area contributed by atoms with Crippen LogP contribution in [0.3, 0.4) is 0 Å². The Morgan fingerprint density at radius 3 is 2.86 bits per heavy atom. The van der Waals surface area contributed by atoms with Gasteiger partial charge >= 0.3 is 0 Å². The van der Waals surface area contributed by atoms with Gasteiger partial charge in [-0.15, -0.1) is 11.3 Å². The maximum absolute atomic E-state index is 12.1. The molecular weight excluding hydrogens is 312 g/mol. The molecule has 0 fully saturated rings. The molecule has 1 N–H and O–H groups in total. The highest BCUT2D eigenvalue weighted by Gasteiger charge is 2.17. The standard InChI is InChI=1S/C14H13ClN2O3S/c1-9(7-11-3-2-6-21-11)16-14(18)10-4-5-12(15)13(8-10)17(19)20/h2-6,8-9H,7H2,1H3,(H,16,18). The van der Waals surface area contributed by atoms with Crippen LogP contribution in [0.5, 0.6) is 0 Å². The molecule has 0 saturated heterocycles. The Morgan fingerprint density at radius 1 is 1.48 bits per heavy atom. The average Bonchev–Trinajstić information content (AvgIpc) is 2.91. The number of benzene rings is 1. The van der Waals surface area contributed by atoms with Crippen molar-refractivity contribution in [2.24, 2.45) is 0 Å². The molecule has 1 heterocycles. The van der Waals surface area contributed by atoms with Crippen LogP contribution in [0, 0.1) is 10.1 Å². The van der Waals surface area contributed by atoms with Crippen molar-refractivity contribution in [3.05, 3.63) is 61.3 Å². The van der Waals surface area contributed by atoms with E-state index in [-0.39, 0.29) is 28.2 Å². The first-order chi connectivity index (χ1) is 9.97. The molecule has 1 aromatic carbocycles. The minimum atomic E-state index is -0.603. The van der Waals surface area contributed by atoms with Crippen molar-refractivity contribution in [3.63, 3.8) is 0 Å². The van der Waals surface area contributed by atoms with Crippen molar-refractivity contribution in [2.75, 3.05) is 0 Å². The van der Waals surface area contributed by atoms with Gasteiger partial charge in [0.05, 0.1) is 4.92 Å². The predicted molar refractivity (Wildman–Crippen MR) is 83.1 cm³/mol. The third-order valence-electron chi connectivity index (χ3n) is 2.87. The van der Waals surface area contributed by atoms with Crippen molar-refractivity contribution >= 4 is 34.5 Å². The van der Waals surface area contributed by atoms with Crippen molar-refractivity contribution < 1.29 is 9.72 Å². The summed E-state index contributed by atoms with van der Waals surface area (Å²) in [6, 6.07) is 7.92. The zero-order chi connectivity index (χ0) is 15.4. The highest BCUT2D eigenvalue weighted by atomic mass is 35.5. The number of thiophene rings is 1. The van der Waals surface area contributed by atoms with Gasteiger partial charge in [-0.2, -0.15) is 0 Å². The van der Waals surface area contributed by atoms with Gasteiger partial charge in [0.15, 0.2) is 0 Å². The van der Waals surface area contributed by atoms with E-state index in [1.807, 2.05) is 24.4 Å². The third-order valence-corrected chi connectivity index (χ3v) is 4.09. The van der Waals surface area contributed by atoms with Crippen molar-refractivity contribution in [2.45, 2.75) is 19.4 Å². The summed E-state index contributed by atoms with van der Waals surface area (Å²) >= 11 is 7.35. The van der Waals surface area contributed by atoms with Gasteiger partial charge < -0.3 is 5.32 Å². The summed E-state index contributed by atoms with van der Waals surface area (Å²) in [4.78, 5) is 23.5. The van der Waals surface area contributed by atoms with Crippen LogP contribution >= 0.6 is 22.9 Å². The number of nitro benzene ring substituents is 1. The lowest BCUT2D eigenvalue weighted by molar-refractivity contribution is -0.384. The molecule has 0 radical (unpaired) electrons. The highest BCUT2D eigenvalue weighted by Crippen LogP contribution is 2.25. The Balaban J connectivity index is 2.06. The van der Waals surface area contributed by atoms with Gasteiger partial charge in [0.25, 0.3) is 11.6 Å². The number of nitro groups is 1. The molecule has 5 nitrogen and oxygen atoms in total. The third kappa shape index (κ3) is 4.03. The number of nitrogens with one attached hydrogen (secondary N) is 1. The van der Waals surface area contributed by atoms with E-state index in [2.05, 4.69) is 5.32 Å². The number of hydrogen-bond donors (Lipinski definition) is 1. The van der Waals surface area contributed by atoms with Gasteiger partial charge in [-0.3, -0.25) is 14.9 Å². The van der Waals surface area contributed by atoms with Gasteiger partial charge in [0.2, 0.25) is 0 Å². The van der Waals surface area contributed by atoms with E-state index in [9.17, 15) is 14.9 Å². The molecule has 21 heavy (non-hydrogen) atoms. The van der Waals surface area contributed by atoms with E-state index < -0.39 is 4.92 Å². The topological polar surface area (TPSA) is 72.2 Å². The minimum absolute atomic E-state index is 0.0168. The summed E-state index contributed by atoms with van der Waals surface area (Å²) < 4.78 is 0. The number of carbonyl (C=O) groups is 1.